The molecule has 2 fully saturated rings. The van der Waals surface area contributed by atoms with Crippen LogP contribution in [0.4, 0.5) is 0 Å². The molecule has 1 unspecified atom stereocenters. The first-order valence-corrected chi connectivity index (χ1v) is 6.33. The molecule has 1 heterocycles. The normalized spacial score (nSPS) is 22.4. The van der Waals surface area contributed by atoms with Crippen molar-refractivity contribution in [2.75, 3.05) is 6.61 Å². The Hall–Kier alpha value is 0.406. The van der Waals surface area contributed by atoms with Crippen LogP contribution in [-0.4, -0.2) is 29.8 Å². The summed E-state index contributed by atoms with van der Waals surface area (Å²) in [6.45, 7) is 1.25. The van der Waals surface area contributed by atoms with Crippen LogP contribution in [0, 0.1) is 12.3 Å². The zero-order valence-corrected chi connectivity index (χ0v) is 14.8. The molecule has 2 amide bonds. The molecule has 102 valence electrons. The fourth-order valence-corrected chi connectivity index (χ4v) is 1.88. The van der Waals surface area contributed by atoms with E-state index in [4.69, 9.17) is 0 Å². The Bertz CT molecular complexity index is 294. The van der Waals surface area contributed by atoms with Crippen LogP contribution in [0.2, 0.25) is 0 Å². The maximum absolute atomic E-state index is 11.1. The number of nitrogens with zero attached hydrogens (tertiary/aromatic N) is 1. The van der Waals surface area contributed by atoms with Crippen molar-refractivity contribution in [2.45, 2.75) is 45.4 Å². The second kappa shape index (κ2) is 11.1. The molecule has 1 aliphatic heterocycles. The smallest absolute Gasteiger partial charge is 0.540 e. The molecule has 0 aromatic rings. The molecule has 1 saturated carbocycles. The molecule has 1 saturated heterocycles. The molecular weight excluding hydrogens is 273 g/mol. The maximum atomic E-state index is 11.1. The van der Waals surface area contributed by atoms with E-state index in [1.807, 2.05) is 0 Å². The van der Waals surface area contributed by atoms with Gasteiger partial charge in [0.1, 0.15) is 0 Å². The van der Waals surface area contributed by atoms with Crippen molar-refractivity contribution in [3.05, 3.63) is 6.42 Å². The summed E-state index contributed by atoms with van der Waals surface area (Å²) in [7, 11) is 0. The van der Waals surface area contributed by atoms with Gasteiger partial charge in [0, 0.05) is 12.3 Å². The Morgan fingerprint density at radius 1 is 1.32 bits per heavy atom. The van der Waals surface area contributed by atoms with E-state index in [-0.39, 0.29) is 70.3 Å². The third-order valence-electron chi connectivity index (χ3n) is 2.90. The van der Waals surface area contributed by atoms with Crippen LogP contribution >= 0.6 is 0 Å². The van der Waals surface area contributed by atoms with Gasteiger partial charge in [-0.3, -0.25) is 14.4 Å². The van der Waals surface area contributed by atoms with Crippen LogP contribution in [0.5, 0.6) is 0 Å². The molecule has 2 aliphatic rings. The van der Waals surface area contributed by atoms with E-state index in [9.17, 15) is 14.4 Å². The molecule has 5 nitrogen and oxygen atoms in total. The average molecular weight is 292 g/mol. The summed E-state index contributed by atoms with van der Waals surface area (Å²) in [5.74, 6) is -1.14. The minimum absolute atomic E-state index is 0. The van der Waals surface area contributed by atoms with Gasteiger partial charge in [-0.2, -0.15) is 17.9 Å². The maximum Gasteiger partial charge on any atom is 1.00 e. The standard InChI is InChI=1S/C7H8NO4.C6H11.K/c1-5-4-6(10)8(7(5)11)12-3-2-9;1-2-4-6-5-3-1;/h5H,3-4H2,1H3;1H,2-6H2;/q2*-1;+1. The van der Waals surface area contributed by atoms with E-state index < -0.39 is 11.8 Å². The molecule has 0 radical (unpaired) electrons. The Labute approximate surface area is 156 Å². The van der Waals surface area contributed by atoms with E-state index in [0.717, 1.165) is 0 Å². The summed E-state index contributed by atoms with van der Waals surface area (Å²) in [4.78, 5) is 36.3. The number of hydrogen-bond donors (Lipinski definition) is 0. The Kier molecular flexibility index (Phi) is 11.3. The van der Waals surface area contributed by atoms with Crippen molar-refractivity contribution in [1.29, 1.82) is 0 Å². The number of imide groups is 1. The van der Waals surface area contributed by atoms with Gasteiger partial charge >= 0.3 is 51.4 Å². The molecule has 2 rings (SSSR count). The Balaban J connectivity index is 0.000000392. The first-order chi connectivity index (χ1) is 8.66. The van der Waals surface area contributed by atoms with Gasteiger partial charge in [0.25, 0.3) is 11.8 Å². The van der Waals surface area contributed by atoms with Crippen LogP contribution in [0.15, 0.2) is 0 Å². The Morgan fingerprint density at radius 3 is 2.26 bits per heavy atom. The van der Waals surface area contributed by atoms with Crippen LogP contribution in [-0.2, 0) is 19.2 Å². The van der Waals surface area contributed by atoms with Gasteiger partial charge in [-0.15, -0.1) is 0 Å². The molecule has 1 atom stereocenters. The summed E-state index contributed by atoms with van der Waals surface area (Å²) in [5.41, 5.74) is 0. The van der Waals surface area contributed by atoms with Crippen LogP contribution in [0.25, 0.3) is 0 Å². The predicted molar refractivity (Wildman–Crippen MR) is 64.7 cm³/mol. The van der Waals surface area contributed by atoms with Gasteiger partial charge in [-0.05, 0) is 6.61 Å². The van der Waals surface area contributed by atoms with Gasteiger partial charge in [-0.25, -0.2) is 6.29 Å². The number of rotatable bonds is 3. The van der Waals surface area contributed by atoms with Crippen LogP contribution in [0.1, 0.15) is 45.4 Å². The summed E-state index contributed by atoms with van der Waals surface area (Å²) in [5, 5.41) is 0.634. The molecule has 0 aromatic carbocycles. The number of amides is 2. The zero-order valence-electron chi connectivity index (χ0n) is 11.7. The molecule has 0 aromatic heterocycles. The van der Waals surface area contributed by atoms with E-state index in [0.29, 0.717) is 5.06 Å². The van der Waals surface area contributed by atoms with Crippen molar-refractivity contribution < 1.29 is 70.6 Å². The third kappa shape index (κ3) is 7.11. The van der Waals surface area contributed by atoms with E-state index in [1.165, 1.54) is 38.4 Å². The third-order valence-corrected chi connectivity index (χ3v) is 2.90. The minimum atomic E-state index is -0.400. The number of hydrogen-bond acceptors (Lipinski definition) is 4. The largest absolute Gasteiger partial charge is 1.00 e. The molecule has 19 heavy (non-hydrogen) atoms. The van der Waals surface area contributed by atoms with Crippen molar-refractivity contribution in [3.8, 4) is 0 Å². The van der Waals surface area contributed by atoms with Crippen molar-refractivity contribution in [3.63, 3.8) is 0 Å². The van der Waals surface area contributed by atoms with Crippen LogP contribution < -0.4 is 51.4 Å². The predicted octanol–water partition coefficient (Wildman–Crippen LogP) is -1.42. The van der Waals surface area contributed by atoms with E-state index in [2.05, 4.69) is 11.3 Å². The van der Waals surface area contributed by atoms with Crippen molar-refractivity contribution >= 4 is 18.1 Å². The van der Waals surface area contributed by atoms with Crippen molar-refractivity contribution in [2.24, 2.45) is 5.92 Å². The fourth-order valence-electron chi connectivity index (χ4n) is 1.88. The van der Waals surface area contributed by atoms with E-state index >= 15 is 0 Å². The molecule has 1 aliphatic carbocycles. The monoisotopic (exact) mass is 292 g/mol. The molecule has 0 N–H and O–H groups in total. The average Bonchev–Trinajstić information content (AvgIpc) is 2.64. The summed E-state index contributed by atoms with van der Waals surface area (Å²) >= 11 is 0. The Morgan fingerprint density at radius 2 is 1.95 bits per heavy atom. The first kappa shape index (κ1) is 19.4. The van der Waals surface area contributed by atoms with Gasteiger partial charge in [0.2, 0.25) is 0 Å². The zero-order chi connectivity index (χ0) is 13.4. The second-order valence-corrected chi connectivity index (χ2v) is 4.48. The summed E-state index contributed by atoms with van der Waals surface area (Å²) in [6, 6.07) is 0. The van der Waals surface area contributed by atoms with Gasteiger partial charge in [0.15, 0.2) is 0 Å². The summed E-state index contributed by atoms with van der Waals surface area (Å²) in [6.07, 6.45) is 11.1. The number of hydroxylamine groups is 2. The SMILES string of the molecule is CC1CC(=O)N(OC[C-]=O)C1=O.[CH-]1CCCCC1.[K+]. The molecular formula is C13H19KNO4-. The molecule has 0 bridgehead atoms. The van der Waals surface area contributed by atoms with Gasteiger partial charge < -0.3 is 11.2 Å². The molecule has 0 spiro atoms. The van der Waals surface area contributed by atoms with Gasteiger partial charge in [-0.1, -0.05) is 26.2 Å². The summed E-state index contributed by atoms with van der Waals surface area (Å²) < 4.78 is 0. The van der Waals surface area contributed by atoms with Crippen molar-refractivity contribution in [1.82, 2.24) is 5.06 Å². The minimum Gasteiger partial charge on any atom is -0.540 e. The quantitative estimate of drug-likeness (QED) is 0.364. The number of carbonyl (C=O) groups excluding carboxylic acids is 3. The van der Waals surface area contributed by atoms with Crippen LogP contribution in [0.3, 0.4) is 0 Å². The first-order valence-electron chi connectivity index (χ1n) is 6.33. The molecule has 6 heteroatoms. The second-order valence-electron chi connectivity index (χ2n) is 4.48. The topological polar surface area (TPSA) is 63.7 Å². The van der Waals surface area contributed by atoms with Gasteiger partial charge in [0.05, 0.1) is 0 Å². The number of carbonyl (C=O) groups is 2. The fraction of sp³-hybridized carbons (Fsp3) is 0.692. The van der Waals surface area contributed by atoms with E-state index in [1.54, 1.807) is 6.92 Å².